The molecule has 1 N–H and O–H groups in total. The second-order valence-electron chi connectivity index (χ2n) is 4.66. The lowest BCUT2D eigenvalue weighted by molar-refractivity contribution is 0.571. The molecule has 1 heterocycles. The van der Waals surface area contributed by atoms with Crippen molar-refractivity contribution in [1.82, 2.24) is 9.55 Å². The summed E-state index contributed by atoms with van der Waals surface area (Å²) in [5, 5.41) is 0.719. The van der Waals surface area contributed by atoms with Gasteiger partial charge in [0.05, 0.1) is 10.9 Å². The van der Waals surface area contributed by atoms with Crippen molar-refractivity contribution < 1.29 is 0 Å². The molecule has 1 aliphatic rings. The molecule has 17 heavy (non-hydrogen) atoms. The first-order valence-corrected chi connectivity index (χ1v) is 6.38. The molecule has 0 bridgehead atoms. The van der Waals surface area contributed by atoms with Gasteiger partial charge in [-0.25, -0.2) is 0 Å². The van der Waals surface area contributed by atoms with Gasteiger partial charge in [-0.3, -0.25) is 9.36 Å². The summed E-state index contributed by atoms with van der Waals surface area (Å²) in [6, 6.07) is 7.52. The summed E-state index contributed by atoms with van der Waals surface area (Å²) >= 11 is 5.25. The number of para-hydroxylation sites is 1. The van der Waals surface area contributed by atoms with Crippen LogP contribution >= 0.6 is 12.2 Å². The largest absolute Gasteiger partial charge is 0.332 e. The maximum absolute atomic E-state index is 12.3. The lowest BCUT2D eigenvalue weighted by atomic mass is 10.2. The Hall–Kier alpha value is -1.42. The van der Waals surface area contributed by atoms with Gasteiger partial charge in [0.25, 0.3) is 5.56 Å². The Kier molecular flexibility index (Phi) is 2.59. The minimum absolute atomic E-state index is 0.0324. The molecule has 0 spiro atoms. The van der Waals surface area contributed by atoms with Crippen LogP contribution in [0.15, 0.2) is 29.1 Å². The minimum Gasteiger partial charge on any atom is -0.332 e. The number of nitrogens with zero attached hydrogens (tertiary/aromatic N) is 1. The van der Waals surface area contributed by atoms with Gasteiger partial charge in [-0.15, -0.1) is 0 Å². The quantitative estimate of drug-likeness (QED) is 0.846. The molecule has 0 atom stereocenters. The molecule has 1 saturated carbocycles. The molecule has 4 heteroatoms. The van der Waals surface area contributed by atoms with Crippen LogP contribution in [0.3, 0.4) is 0 Å². The van der Waals surface area contributed by atoms with Gasteiger partial charge in [-0.2, -0.15) is 0 Å². The van der Waals surface area contributed by atoms with Crippen LogP contribution in [0, 0.1) is 10.7 Å². The van der Waals surface area contributed by atoms with Crippen LogP contribution in [0.4, 0.5) is 0 Å². The Morgan fingerprint density at radius 2 is 2.12 bits per heavy atom. The van der Waals surface area contributed by atoms with Crippen molar-refractivity contribution in [3.63, 3.8) is 0 Å². The highest BCUT2D eigenvalue weighted by atomic mass is 32.1. The zero-order chi connectivity index (χ0) is 11.8. The predicted molar refractivity (Wildman–Crippen MR) is 70.7 cm³/mol. The first kappa shape index (κ1) is 10.7. The molecule has 3 nitrogen and oxygen atoms in total. The van der Waals surface area contributed by atoms with Crippen molar-refractivity contribution in [2.24, 2.45) is 5.92 Å². The van der Waals surface area contributed by atoms with Crippen LogP contribution in [-0.2, 0) is 6.54 Å². The fourth-order valence-electron chi connectivity index (χ4n) is 2.12. The maximum Gasteiger partial charge on any atom is 0.262 e. The van der Waals surface area contributed by atoms with E-state index in [0.717, 1.165) is 29.8 Å². The monoisotopic (exact) mass is 246 g/mol. The van der Waals surface area contributed by atoms with E-state index in [1.54, 1.807) is 4.57 Å². The number of nitrogens with one attached hydrogen (secondary N) is 1. The molecule has 88 valence electrons. The van der Waals surface area contributed by atoms with Crippen LogP contribution in [0.2, 0.25) is 0 Å². The molecule has 3 rings (SSSR count). The van der Waals surface area contributed by atoms with Crippen LogP contribution in [-0.4, -0.2) is 9.55 Å². The van der Waals surface area contributed by atoms with Gasteiger partial charge < -0.3 is 4.98 Å². The maximum atomic E-state index is 12.3. The average Bonchev–Trinajstić information content (AvgIpc) is 3.13. The van der Waals surface area contributed by atoms with Gasteiger partial charge in [0.15, 0.2) is 4.77 Å². The first-order valence-electron chi connectivity index (χ1n) is 5.97. The summed E-state index contributed by atoms with van der Waals surface area (Å²) < 4.78 is 2.23. The minimum atomic E-state index is 0.0324. The number of H-pyrrole nitrogens is 1. The van der Waals surface area contributed by atoms with E-state index in [0.29, 0.717) is 4.77 Å². The van der Waals surface area contributed by atoms with Crippen molar-refractivity contribution in [3.8, 4) is 0 Å². The molecular formula is C13H14N2OS. The molecule has 1 aromatic carbocycles. The van der Waals surface area contributed by atoms with E-state index in [9.17, 15) is 4.79 Å². The van der Waals surface area contributed by atoms with Crippen molar-refractivity contribution in [2.75, 3.05) is 0 Å². The van der Waals surface area contributed by atoms with Crippen molar-refractivity contribution in [2.45, 2.75) is 25.8 Å². The molecule has 0 radical (unpaired) electrons. The summed E-state index contributed by atoms with van der Waals surface area (Å²) in [6.45, 7) is 0.740. The fraction of sp³-hybridized carbons (Fsp3) is 0.385. The molecular weight excluding hydrogens is 232 g/mol. The van der Waals surface area contributed by atoms with Crippen molar-refractivity contribution in [3.05, 3.63) is 39.4 Å². The van der Waals surface area contributed by atoms with E-state index in [1.165, 1.54) is 12.8 Å². The van der Waals surface area contributed by atoms with Gasteiger partial charge in [0.1, 0.15) is 0 Å². The van der Waals surface area contributed by atoms with Crippen LogP contribution in [0.25, 0.3) is 10.9 Å². The second kappa shape index (κ2) is 4.11. The Morgan fingerprint density at radius 3 is 2.88 bits per heavy atom. The lowest BCUT2D eigenvalue weighted by Gasteiger charge is -2.07. The smallest absolute Gasteiger partial charge is 0.262 e. The number of hydrogen-bond donors (Lipinski definition) is 1. The lowest BCUT2D eigenvalue weighted by Crippen LogP contribution is -2.22. The third kappa shape index (κ3) is 2.05. The zero-order valence-corrected chi connectivity index (χ0v) is 10.3. The third-order valence-corrected chi connectivity index (χ3v) is 3.67. The molecule has 1 fully saturated rings. The highest BCUT2D eigenvalue weighted by molar-refractivity contribution is 7.71. The van der Waals surface area contributed by atoms with Gasteiger partial charge >= 0.3 is 0 Å². The molecule has 0 saturated heterocycles. The van der Waals surface area contributed by atoms with E-state index < -0.39 is 0 Å². The van der Waals surface area contributed by atoms with Gasteiger partial charge in [0, 0.05) is 6.54 Å². The number of aromatic nitrogens is 2. The van der Waals surface area contributed by atoms with Crippen LogP contribution < -0.4 is 5.56 Å². The molecule has 1 aliphatic carbocycles. The molecule has 0 amide bonds. The van der Waals surface area contributed by atoms with E-state index in [4.69, 9.17) is 12.2 Å². The Balaban J connectivity index is 2.10. The average molecular weight is 246 g/mol. The first-order chi connectivity index (χ1) is 8.25. The van der Waals surface area contributed by atoms with Crippen molar-refractivity contribution >= 4 is 23.1 Å². The fourth-order valence-corrected chi connectivity index (χ4v) is 2.40. The predicted octanol–water partition coefficient (Wildman–Crippen LogP) is 2.86. The van der Waals surface area contributed by atoms with Crippen LogP contribution in [0.5, 0.6) is 0 Å². The third-order valence-electron chi connectivity index (χ3n) is 3.35. The summed E-state index contributed by atoms with van der Waals surface area (Å²) in [6.07, 6.45) is 3.67. The van der Waals surface area contributed by atoms with E-state index in [-0.39, 0.29) is 5.56 Å². The Labute approximate surface area is 104 Å². The van der Waals surface area contributed by atoms with E-state index in [2.05, 4.69) is 4.98 Å². The normalized spacial score (nSPS) is 15.3. The summed E-state index contributed by atoms with van der Waals surface area (Å²) in [7, 11) is 0. The number of rotatable bonds is 3. The van der Waals surface area contributed by atoms with Gasteiger partial charge in [-0.05, 0) is 36.7 Å². The SMILES string of the molecule is O=c1c2ccccc2[nH]c(=S)n1CCC1CC1. The highest BCUT2D eigenvalue weighted by Crippen LogP contribution is 2.32. The molecule has 1 aromatic heterocycles. The molecule has 0 unspecified atom stereocenters. The Bertz CT molecular complexity index is 667. The van der Waals surface area contributed by atoms with Crippen LogP contribution in [0.1, 0.15) is 19.3 Å². The zero-order valence-electron chi connectivity index (χ0n) is 9.48. The Morgan fingerprint density at radius 1 is 1.35 bits per heavy atom. The van der Waals surface area contributed by atoms with Gasteiger partial charge in [0.2, 0.25) is 0 Å². The number of benzene rings is 1. The number of aromatic amines is 1. The van der Waals surface area contributed by atoms with E-state index >= 15 is 0 Å². The summed E-state index contributed by atoms with van der Waals surface area (Å²) in [4.78, 5) is 15.4. The topological polar surface area (TPSA) is 37.8 Å². The second-order valence-corrected chi connectivity index (χ2v) is 5.05. The molecule has 2 aromatic rings. The number of fused-ring (bicyclic) bond motifs is 1. The summed E-state index contributed by atoms with van der Waals surface area (Å²) in [5.74, 6) is 0.808. The van der Waals surface area contributed by atoms with Gasteiger partial charge in [-0.1, -0.05) is 25.0 Å². The number of hydrogen-bond acceptors (Lipinski definition) is 2. The van der Waals surface area contributed by atoms with E-state index in [1.807, 2.05) is 24.3 Å². The van der Waals surface area contributed by atoms with Crippen molar-refractivity contribution in [1.29, 1.82) is 0 Å². The summed E-state index contributed by atoms with van der Waals surface area (Å²) in [5.41, 5.74) is 0.857. The standard InChI is InChI=1S/C13H14N2OS/c16-12-10-3-1-2-4-11(10)14-13(17)15(12)8-7-9-5-6-9/h1-4,9H,5-8H2,(H,14,17). The highest BCUT2D eigenvalue weighted by Gasteiger charge is 2.21. The molecule has 0 aliphatic heterocycles.